The number of halogens is 1. The van der Waals surface area contributed by atoms with Gasteiger partial charge in [0.15, 0.2) is 5.65 Å². The number of aryl methyl sites for hydroxylation is 1. The van der Waals surface area contributed by atoms with Gasteiger partial charge in [-0.3, -0.25) is 4.98 Å². The first-order chi connectivity index (χ1) is 18.0. The van der Waals surface area contributed by atoms with Gasteiger partial charge in [0.2, 0.25) is 0 Å². The first kappa shape index (κ1) is 26.5. The number of fused-ring (bicyclic) bond motifs is 1. The number of aliphatic hydroxyl groups is 1. The van der Waals surface area contributed by atoms with Crippen molar-refractivity contribution in [1.82, 2.24) is 19.6 Å². The van der Waals surface area contributed by atoms with Gasteiger partial charge < -0.3 is 15.7 Å². The van der Waals surface area contributed by atoms with Crippen LogP contribution < -0.4 is 10.6 Å². The van der Waals surface area contributed by atoms with Crippen molar-refractivity contribution in [3.63, 3.8) is 0 Å². The third-order valence-corrected chi connectivity index (χ3v) is 6.57. The Morgan fingerprint density at radius 1 is 1.03 bits per heavy atom. The Balaban J connectivity index is 1.39. The van der Waals surface area contributed by atoms with Crippen LogP contribution >= 0.6 is 0 Å². The van der Waals surface area contributed by atoms with Crippen LogP contribution in [0.2, 0.25) is 0 Å². The van der Waals surface area contributed by atoms with Crippen molar-refractivity contribution in [3.05, 3.63) is 83.6 Å². The Bertz CT molecular complexity index is 1260. The fourth-order valence-corrected chi connectivity index (χ4v) is 4.43. The Morgan fingerprint density at radius 3 is 2.59 bits per heavy atom. The first-order valence-electron chi connectivity index (χ1n) is 13.2. The molecular formula is C29H37FN6O. The van der Waals surface area contributed by atoms with Crippen molar-refractivity contribution in [3.8, 4) is 0 Å². The van der Waals surface area contributed by atoms with Gasteiger partial charge in [-0.1, -0.05) is 57.4 Å². The smallest absolute Gasteiger partial charge is 0.163 e. The van der Waals surface area contributed by atoms with E-state index in [4.69, 9.17) is 4.98 Å². The molecule has 0 radical (unpaired) electrons. The number of aliphatic hydroxyl groups excluding tert-OH is 1. The molecule has 0 unspecified atom stereocenters. The van der Waals surface area contributed by atoms with Gasteiger partial charge in [-0.25, -0.2) is 9.37 Å². The van der Waals surface area contributed by atoms with E-state index in [0.717, 1.165) is 55.4 Å². The van der Waals surface area contributed by atoms with E-state index < -0.39 is 0 Å². The molecule has 7 nitrogen and oxygen atoms in total. The van der Waals surface area contributed by atoms with Crippen molar-refractivity contribution in [1.29, 1.82) is 0 Å². The molecule has 3 heterocycles. The molecule has 0 aliphatic rings. The summed E-state index contributed by atoms with van der Waals surface area (Å²) in [5.74, 6) is 1.38. The molecule has 4 aromatic rings. The van der Waals surface area contributed by atoms with Crippen LogP contribution in [0, 0.1) is 5.82 Å². The lowest BCUT2D eigenvalue weighted by Crippen LogP contribution is -2.24. The van der Waals surface area contributed by atoms with E-state index >= 15 is 0 Å². The fourth-order valence-electron chi connectivity index (χ4n) is 4.43. The maximum absolute atomic E-state index is 14.2. The standard InChI is InChI=1S/C29H37FN6O/c1-21(2)25-19-33-36-28(32-18-22-11-7-8-15-26(22)30)17-27(35-29(25)36)34-24(20-37)14-6-4-3-5-12-23-13-9-10-16-31-23/h7-11,13,15-17,19,21,24,32,37H,3-6,12,14,18,20H2,1-2H3,(H,34,35)/t24-/m1/s1. The van der Waals surface area contributed by atoms with Gasteiger partial charge in [0.25, 0.3) is 0 Å². The zero-order chi connectivity index (χ0) is 26.0. The van der Waals surface area contributed by atoms with Crippen LogP contribution in [0.4, 0.5) is 16.0 Å². The van der Waals surface area contributed by atoms with Gasteiger partial charge in [0.1, 0.15) is 17.5 Å². The second-order valence-electron chi connectivity index (χ2n) is 9.76. The van der Waals surface area contributed by atoms with Crippen LogP contribution in [0.1, 0.15) is 68.7 Å². The van der Waals surface area contributed by atoms with Crippen LogP contribution in [-0.2, 0) is 13.0 Å². The van der Waals surface area contributed by atoms with Crippen molar-refractivity contribution >= 4 is 17.3 Å². The number of benzene rings is 1. The molecule has 0 aliphatic heterocycles. The molecule has 37 heavy (non-hydrogen) atoms. The number of hydrogen-bond acceptors (Lipinski definition) is 6. The minimum Gasteiger partial charge on any atom is -0.394 e. The third kappa shape index (κ3) is 7.26. The minimum absolute atomic E-state index is 0.0229. The number of nitrogens with one attached hydrogen (secondary N) is 2. The van der Waals surface area contributed by atoms with Crippen molar-refractivity contribution in [2.45, 2.75) is 70.9 Å². The molecule has 196 valence electrons. The summed E-state index contributed by atoms with van der Waals surface area (Å²) < 4.78 is 15.9. The van der Waals surface area contributed by atoms with E-state index in [-0.39, 0.29) is 24.4 Å². The summed E-state index contributed by atoms with van der Waals surface area (Å²) >= 11 is 0. The lowest BCUT2D eigenvalue weighted by Gasteiger charge is -2.19. The molecule has 0 bridgehead atoms. The van der Waals surface area contributed by atoms with Crippen LogP contribution in [0.25, 0.3) is 5.65 Å². The first-order valence-corrected chi connectivity index (χ1v) is 13.2. The number of aromatic nitrogens is 4. The molecule has 0 amide bonds. The Hall–Kier alpha value is -3.52. The number of rotatable bonds is 14. The van der Waals surface area contributed by atoms with Gasteiger partial charge in [-0.2, -0.15) is 9.61 Å². The summed E-state index contributed by atoms with van der Waals surface area (Å²) in [5, 5.41) is 21.3. The normalized spacial score (nSPS) is 12.2. The van der Waals surface area contributed by atoms with E-state index in [1.165, 1.54) is 6.07 Å². The average Bonchev–Trinajstić information content (AvgIpc) is 3.34. The molecule has 1 aromatic carbocycles. The molecule has 3 aromatic heterocycles. The quantitative estimate of drug-likeness (QED) is 0.184. The molecule has 0 fully saturated rings. The summed E-state index contributed by atoms with van der Waals surface area (Å²) in [6.07, 6.45) is 9.89. The van der Waals surface area contributed by atoms with Crippen LogP contribution in [0.15, 0.2) is 60.9 Å². The zero-order valence-corrected chi connectivity index (χ0v) is 21.7. The Morgan fingerprint density at radius 2 is 1.84 bits per heavy atom. The van der Waals surface area contributed by atoms with E-state index in [0.29, 0.717) is 23.7 Å². The highest BCUT2D eigenvalue weighted by Gasteiger charge is 2.16. The van der Waals surface area contributed by atoms with Gasteiger partial charge in [-0.15, -0.1) is 0 Å². The van der Waals surface area contributed by atoms with Gasteiger partial charge in [0.05, 0.1) is 18.8 Å². The molecule has 0 saturated carbocycles. The molecule has 0 spiro atoms. The van der Waals surface area contributed by atoms with E-state index in [9.17, 15) is 9.50 Å². The minimum atomic E-state index is -0.248. The van der Waals surface area contributed by atoms with Crippen molar-refractivity contribution < 1.29 is 9.50 Å². The zero-order valence-electron chi connectivity index (χ0n) is 21.7. The topological polar surface area (TPSA) is 87.4 Å². The largest absolute Gasteiger partial charge is 0.394 e. The highest BCUT2D eigenvalue weighted by atomic mass is 19.1. The van der Waals surface area contributed by atoms with Crippen LogP contribution in [-0.4, -0.2) is 37.3 Å². The van der Waals surface area contributed by atoms with Crippen LogP contribution in [0.5, 0.6) is 0 Å². The fraction of sp³-hybridized carbons (Fsp3) is 0.414. The van der Waals surface area contributed by atoms with Gasteiger partial charge in [0, 0.05) is 35.6 Å². The maximum Gasteiger partial charge on any atom is 0.163 e. The molecule has 1 atom stereocenters. The second kappa shape index (κ2) is 13.1. The predicted molar refractivity (Wildman–Crippen MR) is 146 cm³/mol. The van der Waals surface area contributed by atoms with Crippen LogP contribution in [0.3, 0.4) is 0 Å². The Labute approximate surface area is 218 Å². The van der Waals surface area contributed by atoms with E-state index in [1.807, 2.05) is 36.7 Å². The second-order valence-corrected chi connectivity index (χ2v) is 9.76. The predicted octanol–water partition coefficient (Wildman–Crippen LogP) is 5.96. The molecule has 3 N–H and O–H groups in total. The summed E-state index contributed by atoms with van der Waals surface area (Å²) in [4.78, 5) is 9.21. The van der Waals surface area contributed by atoms with Crippen molar-refractivity contribution in [2.24, 2.45) is 0 Å². The molecule has 4 rings (SSSR count). The van der Waals surface area contributed by atoms with E-state index in [2.05, 4.69) is 40.6 Å². The van der Waals surface area contributed by atoms with Crippen molar-refractivity contribution in [2.75, 3.05) is 17.2 Å². The number of nitrogens with zero attached hydrogens (tertiary/aromatic N) is 4. The number of hydrogen-bond donors (Lipinski definition) is 3. The molecule has 0 aliphatic carbocycles. The summed E-state index contributed by atoms with van der Waals surface area (Å²) in [5.41, 5.74) is 3.50. The summed E-state index contributed by atoms with van der Waals surface area (Å²) in [6, 6.07) is 14.5. The van der Waals surface area contributed by atoms with Gasteiger partial charge >= 0.3 is 0 Å². The number of pyridine rings is 1. The molecule has 0 saturated heterocycles. The summed E-state index contributed by atoms with van der Waals surface area (Å²) in [6.45, 7) is 4.56. The maximum atomic E-state index is 14.2. The third-order valence-electron chi connectivity index (χ3n) is 6.57. The van der Waals surface area contributed by atoms with E-state index in [1.54, 1.807) is 16.6 Å². The highest BCUT2D eigenvalue weighted by Crippen LogP contribution is 2.25. The number of anilines is 2. The lowest BCUT2D eigenvalue weighted by molar-refractivity contribution is 0.266. The SMILES string of the molecule is CC(C)c1cnn2c(NCc3ccccc3F)cc(N[C@@H](CO)CCCCCCc3ccccn3)nc12. The highest BCUT2D eigenvalue weighted by molar-refractivity contribution is 5.61. The monoisotopic (exact) mass is 504 g/mol. The van der Waals surface area contributed by atoms with Gasteiger partial charge in [-0.05, 0) is 43.4 Å². The molecular weight excluding hydrogens is 467 g/mol. The lowest BCUT2D eigenvalue weighted by atomic mass is 10.1. The Kier molecular flexibility index (Phi) is 9.43. The number of unbranched alkanes of at least 4 members (excludes halogenated alkanes) is 3. The summed E-state index contributed by atoms with van der Waals surface area (Å²) in [7, 11) is 0. The average molecular weight is 505 g/mol. The molecule has 8 heteroatoms.